The molecule has 2 aromatic rings. The quantitative estimate of drug-likeness (QED) is 0.581. The zero-order chi connectivity index (χ0) is 9.42. The van der Waals surface area contributed by atoms with E-state index in [1.165, 1.54) is 21.2 Å². The summed E-state index contributed by atoms with van der Waals surface area (Å²) < 4.78 is 2.25. The minimum Gasteiger partial charge on any atom is -0.124 e. The summed E-state index contributed by atoms with van der Waals surface area (Å²) in [6.07, 6.45) is 0. The molecule has 0 fully saturated rings. The van der Waals surface area contributed by atoms with Crippen LogP contribution in [0.5, 0.6) is 0 Å². The Morgan fingerprint density at radius 3 is 2.69 bits per heavy atom. The monoisotopic (exact) mass is 206 g/mol. The van der Waals surface area contributed by atoms with Gasteiger partial charge in [-0.05, 0) is 36.9 Å². The van der Waals surface area contributed by atoms with Gasteiger partial charge in [-0.25, -0.2) is 0 Å². The summed E-state index contributed by atoms with van der Waals surface area (Å²) in [6, 6.07) is 8.57. The van der Waals surface area contributed by atoms with E-state index >= 15 is 0 Å². The van der Waals surface area contributed by atoms with Gasteiger partial charge in [0, 0.05) is 4.70 Å². The zero-order valence-electron chi connectivity index (χ0n) is 7.63. The molecule has 0 bridgehead atoms. The maximum atomic E-state index is 5.18. The topological polar surface area (TPSA) is 0 Å². The van der Waals surface area contributed by atoms with Crippen LogP contribution in [0, 0.1) is 17.7 Å². The molecule has 0 saturated carbocycles. The molecule has 1 aromatic heterocycles. The molecular weight excluding hydrogens is 196 g/mol. The Hall–Kier alpha value is -0.730. The van der Waals surface area contributed by atoms with E-state index in [2.05, 4.69) is 38.1 Å². The maximum absolute atomic E-state index is 5.18. The van der Waals surface area contributed by atoms with E-state index in [1.807, 2.05) is 0 Å². The number of aryl methyl sites for hydroxylation is 2. The van der Waals surface area contributed by atoms with Gasteiger partial charge < -0.3 is 0 Å². The number of benzene rings is 1. The van der Waals surface area contributed by atoms with Crippen LogP contribution < -0.4 is 0 Å². The lowest BCUT2D eigenvalue weighted by Crippen LogP contribution is -1.78. The Bertz CT molecular complexity index is 509. The van der Waals surface area contributed by atoms with E-state index in [9.17, 15) is 0 Å². The van der Waals surface area contributed by atoms with E-state index in [0.29, 0.717) is 0 Å². The van der Waals surface area contributed by atoms with E-state index in [1.54, 1.807) is 11.3 Å². The standard InChI is InChI=1S/C11H10S2/c1-7-3-4-10-9(5-7)8(2)6-11(12)13-10/h3-6H,1-2H3. The van der Waals surface area contributed by atoms with Gasteiger partial charge in [0.25, 0.3) is 0 Å². The fraction of sp³-hybridized carbons (Fsp3) is 0.182. The average Bonchev–Trinajstić information content (AvgIpc) is 2.06. The second kappa shape index (κ2) is 3.20. The molecular formula is C11H10S2. The van der Waals surface area contributed by atoms with Crippen molar-refractivity contribution in [2.24, 2.45) is 0 Å². The van der Waals surface area contributed by atoms with Gasteiger partial charge in [-0.2, -0.15) is 0 Å². The third-order valence-corrected chi connectivity index (χ3v) is 3.37. The smallest absolute Gasteiger partial charge is 0.0908 e. The molecule has 0 aliphatic carbocycles. The summed E-state index contributed by atoms with van der Waals surface area (Å²) in [5, 5.41) is 1.33. The molecule has 0 N–H and O–H groups in total. The first-order chi connectivity index (χ1) is 6.16. The second-order valence-corrected chi connectivity index (χ2v) is 5.03. The first-order valence-corrected chi connectivity index (χ1v) is 5.40. The summed E-state index contributed by atoms with van der Waals surface area (Å²) in [5.41, 5.74) is 2.59. The van der Waals surface area contributed by atoms with Gasteiger partial charge in [0.2, 0.25) is 0 Å². The molecule has 2 rings (SSSR count). The van der Waals surface area contributed by atoms with Crippen molar-refractivity contribution in [2.45, 2.75) is 13.8 Å². The third-order valence-electron chi connectivity index (χ3n) is 2.10. The van der Waals surface area contributed by atoms with Crippen LogP contribution in [-0.2, 0) is 0 Å². The van der Waals surface area contributed by atoms with Crippen molar-refractivity contribution in [1.29, 1.82) is 0 Å². The van der Waals surface area contributed by atoms with Crippen molar-refractivity contribution in [3.8, 4) is 0 Å². The highest BCUT2D eigenvalue weighted by Crippen LogP contribution is 2.24. The molecule has 0 nitrogen and oxygen atoms in total. The van der Waals surface area contributed by atoms with Crippen molar-refractivity contribution < 1.29 is 0 Å². The normalized spacial score (nSPS) is 10.6. The van der Waals surface area contributed by atoms with Crippen LogP contribution in [0.4, 0.5) is 0 Å². The molecule has 0 atom stereocenters. The minimum atomic E-state index is 0.967. The summed E-state index contributed by atoms with van der Waals surface area (Å²) in [6.45, 7) is 4.23. The molecule has 0 amide bonds. The zero-order valence-corrected chi connectivity index (χ0v) is 9.26. The number of hydrogen-bond donors (Lipinski definition) is 0. The lowest BCUT2D eigenvalue weighted by atomic mass is 10.1. The minimum absolute atomic E-state index is 0.967. The van der Waals surface area contributed by atoms with Gasteiger partial charge in [0.05, 0.1) is 3.82 Å². The molecule has 1 heterocycles. The second-order valence-electron chi connectivity index (χ2n) is 3.25. The Kier molecular flexibility index (Phi) is 2.18. The largest absolute Gasteiger partial charge is 0.124 e. The molecule has 0 spiro atoms. The van der Waals surface area contributed by atoms with Gasteiger partial charge in [0.1, 0.15) is 0 Å². The molecule has 0 aliphatic heterocycles. The summed E-state index contributed by atoms with van der Waals surface area (Å²) in [7, 11) is 0. The Morgan fingerprint density at radius 1 is 1.15 bits per heavy atom. The Morgan fingerprint density at radius 2 is 1.92 bits per heavy atom. The van der Waals surface area contributed by atoms with E-state index < -0.39 is 0 Å². The number of hydrogen-bond acceptors (Lipinski definition) is 2. The molecule has 2 heteroatoms. The van der Waals surface area contributed by atoms with Gasteiger partial charge in [-0.1, -0.05) is 29.9 Å². The van der Waals surface area contributed by atoms with Crippen LogP contribution in [0.15, 0.2) is 24.3 Å². The lowest BCUT2D eigenvalue weighted by molar-refractivity contribution is 1.48. The summed E-state index contributed by atoms with van der Waals surface area (Å²) >= 11 is 6.86. The number of fused-ring (bicyclic) bond motifs is 1. The van der Waals surface area contributed by atoms with Crippen LogP contribution in [0.1, 0.15) is 11.1 Å². The summed E-state index contributed by atoms with van der Waals surface area (Å²) in [5.74, 6) is 0. The predicted octanol–water partition coefficient (Wildman–Crippen LogP) is 4.25. The van der Waals surface area contributed by atoms with E-state index in [-0.39, 0.29) is 0 Å². The average molecular weight is 206 g/mol. The summed E-state index contributed by atoms with van der Waals surface area (Å²) in [4.78, 5) is 0. The molecule has 0 aliphatic rings. The molecule has 0 unspecified atom stereocenters. The van der Waals surface area contributed by atoms with E-state index in [4.69, 9.17) is 12.2 Å². The van der Waals surface area contributed by atoms with Crippen LogP contribution in [0.3, 0.4) is 0 Å². The maximum Gasteiger partial charge on any atom is 0.0908 e. The van der Waals surface area contributed by atoms with Gasteiger partial charge in [0.15, 0.2) is 0 Å². The SMILES string of the molecule is Cc1ccc2sc(=S)cc(C)c2c1. The van der Waals surface area contributed by atoms with Crippen LogP contribution >= 0.6 is 23.6 Å². The lowest BCUT2D eigenvalue weighted by Gasteiger charge is -2.01. The fourth-order valence-corrected chi connectivity index (χ4v) is 2.80. The highest BCUT2D eigenvalue weighted by molar-refractivity contribution is 7.73. The first-order valence-electron chi connectivity index (χ1n) is 4.18. The van der Waals surface area contributed by atoms with Crippen molar-refractivity contribution in [2.75, 3.05) is 0 Å². The molecule has 0 saturated heterocycles. The molecule has 13 heavy (non-hydrogen) atoms. The Labute approximate surface area is 86.9 Å². The van der Waals surface area contributed by atoms with Crippen LogP contribution in [0.25, 0.3) is 10.1 Å². The van der Waals surface area contributed by atoms with Gasteiger partial charge in [-0.3, -0.25) is 0 Å². The highest BCUT2D eigenvalue weighted by Gasteiger charge is 1.97. The fourth-order valence-electron chi connectivity index (χ4n) is 1.43. The highest BCUT2D eigenvalue weighted by atomic mass is 32.1. The molecule has 0 radical (unpaired) electrons. The van der Waals surface area contributed by atoms with Crippen molar-refractivity contribution in [3.05, 3.63) is 39.2 Å². The van der Waals surface area contributed by atoms with E-state index in [0.717, 1.165) is 3.82 Å². The molecule has 66 valence electrons. The van der Waals surface area contributed by atoms with Gasteiger partial charge in [-0.15, -0.1) is 11.3 Å². The molecule has 1 aromatic carbocycles. The number of rotatable bonds is 0. The first kappa shape index (κ1) is 8.85. The van der Waals surface area contributed by atoms with Crippen molar-refractivity contribution in [3.63, 3.8) is 0 Å². The van der Waals surface area contributed by atoms with Crippen LogP contribution in [0.2, 0.25) is 0 Å². The Balaban J connectivity index is 2.95. The van der Waals surface area contributed by atoms with Gasteiger partial charge >= 0.3 is 0 Å². The van der Waals surface area contributed by atoms with Crippen molar-refractivity contribution in [1.82, 2.24) is 0 Å². The van der Waals surface area contributed by atoms with Crippen LogP contribution in [-0.4, -0.2) is 0 Å². The van der Waals surface area contributed by atoms with Crippen molar-refractivity contribution >= 4 is 33.6 Å². The predicted molar refractivity (Wildman–Crippen MR) is 62.1 cm³/mol. The third kappa shape index (κ3) is 1.64.